The smallest absolute Gasteiger partial charge is 0.313 e. The zero-order valence-corrected chi connectivity index (χ0v) is 19.3. The molecule has 3 rings (SSSR count). The van der Waals surface area contributed by atoms with Crippen molar-refractivity contribution in [3.05, 3.63) is 29.6 Å². The van der Waals surface area contributed by atoms with Gasteiger partial charge < -0.3 is 29.7 Å². The molecule has 0 spiro atoms. The Morgan fingerprint density at radius 3 is 2.51 bits per heavy atom. The van der Waals surface area contributed by atoms with Crippen molar-refractivity contribution in [1.82, 2.24) is 10.2 Å². The number of carbonyl (C=O) groups excluding carboxylic acids is 4. The number of carboxylic acid groups (broad SMARTS) is 1. The number of halogens is 1. The second kappa shape index (κ2) is 11.6. The van der Waals surface area contributed by atoms with Crippen molar-refractivity contribution >= 4 is 35.4 Å². The van der Waals surface area contributed by atoms with E-state index in [9.17, 15) is 28.4 Å². The molecule has 2 amide bonds. The fourth-order valence-corrected chi connectivity index (χ4v) is 4.02. The zero-order valence-electron chi connectivity index (χ0n) is 19.3. The van der Waals surface area contributed by atoms with E-state index < -0.39 is 48.3 Å². The number of nitrogens with one attached hydrogen (secondary N) is 1. The summed E-state index contributed by atoms with van der Waals surface area (Å²) in [6.45, 7) is 2.43. The molecule has 11 nitrogen and oxygen atoms in total. The van der Waals surface area contributed by atoms with Crippen LogP contribution in [0.4, 0.5) is 10.1 Å². The second-order valence-electron chi connectivity index (χ2n) is 8.42. The summed E-state index contributed by atoms with van der Waals surface area (Å²) in [4.78, 5) is 60.8. The predicted octanol–water partition coefficient (Wildman–Crippen LogP) is 0.418. The first-order chi connectivity index (χ1) is 16.6. The summed E-state index contributed by atoms with van der Waals surface area (Å²) in [5, 5.41) is 11.2. The number of esters is 2. The van der Waals surface area contributed by atoms with Gasteiger partial charge in [-0.15, -0.1) is 0 Å². The molecular formula is C23H28FN3O8. The zero-order chi connectivity index (χ0) is 25.5. The van der Waals surface area contributed by atoms with Crippen molar-refractivity contribution in [2.45, 2.75) is 38.2 Å². The molecule has 1 aromatic rings. The SMILES string of the molecule is CC(=O)NCC1C[C@H](c2ccc(N3CCN(C(=O)COC(=O)CCC(=O)O)CC3)c(F)c2)C(=O)O1. The molecule has 2 saturated heterocycles. The molecule has 12 heteroatoms. The van der Waals surface area contributed by atoms with Gasteiger partial charge in [0.15, 0.2) is 6.61 Å². The molecule has 0 aliphatic carbocycles. The van der Waals surface area contributed by atoms with Crippen LogP contribution in [0.3, 0.4) is 0 Å². The number of piperazine rings is 1. The van der Waals surface area contributed by atoms with E-state index in [1.807, 2.05) is 0 Å². The summed E-state index contributed by atoms with van der Waals surface area (Å²) < 4.78 is 25.0. The van der Waals surface area contributed by atoms with E-state index in [4.69, 9.17) is 14.6 Å². The molecule has 0 bridgehead atoms. The number of ether oxygens (including phenoxy) is 2. The van der Waals surface area contributed by atoms with Crippen LogP contribution in [0.1, 0.15) is 37.7 Å². The average molecular weight is 493 g/mol. The van der Waals surface area contributed by atoms with Gasteiger partial charge in [-0.2, -0.15) is 0 Å². The maximum absolute atomic E-state index is 14.9. The molecule has 0 radical (unpaired) electrons. The van der Waals surface area contributed by atoms with Gasteiger partial charge in [0.1, 0.15) is 11.9 Å². The van der Waals surface area contributed by atoms with Gasteiger partial charge in [0.05, 0.1) is 31.0 Å². The van der Waals surface area contributed by atoms with E-state index >= 15 is 0 Å². The van der Waals surface area contributed by atoms with E-state index in [0.29, 0.717) is 43.9 Å². The lowest BCUT2D eigenvalue weighted by atomic mass is 9.95. The van der Waals surface area contributed by atoms with Gasteiger partial charge in [-0.1, -0.05) is 6.07 Å². The molecule has 2 heterocycles. The van der Waals surface area contributed by atoms with Gasteiger partial charge in [-0.05, 0) is 17.7 Å². The summed E-state index contributed by atoms with van der Waals surface area (Å²) >= 11 is 0. The molecule has 2 N–H and O–H groups in total. The summed E-state index contributed by atoms with van der Waals surface area (Å²) in [5.41, 5.74) is 0.849. The lowest BCUT2D eigenvalue weighted by Gasteiger charge is -2.36. The van der Waals surface area contributed by atoms with Gasteiger partial charge >= 0.3 is 17.9 Å². The fourth-order valence-electron chi connectivity index (χ4n) is 4.02. The Balaban J connectivity index is 1.50. The maximum Gasteiger partial charge on any atom is 0.313 e. The Bertz CT molecular complexity index is 993. The third kappa shape index (κ3) is 7.14. The lowest BCUT2D eigenvalue weighted by molar-refractivity contribution is -0.153. The number of rotatable bonds is 9. The lowest BCUT2D eigenvalue weighted by Crippen LogP contribution is -2.50. The topological polar surface area (TPSA) is 143 Å². The predicted molar refractivity (Wildman–Crippen MR) is 119 cm³/mol. The monoisotopic (exact) mass is 493 g/mol. The van der Waals surface area contributed by atoms with Crippen molar-refractivity contribution in [3.8, 4) is 0 Å². The second-order valence-corrected chi connectivity index (χ2v) is 8.42. The molecule has 190 valence electrons. The highest BCUT2D eigenvalue weighted by Crippen LogP contribution is 2.33. The van der Waals surface area contributed by atoms with E-state index in [1.165, 1.54) is 17.9 Å². The van der Waals surface area contributed by atoms with Crippen LogP contribution in [-0.4, -0.2) is 85.2 Å². The summed E-state index contributed by atoms with van der Waals surface area (Å²) in [6.07, 6.45) is -0.781. The van der Waals surface area contributed by atoms with Crippen LogP contribution in [0.5, 0.6) is 0 Å². The highest BCUT2D eigenvalue weighted by atomic mass is 19.1. The van der Waals surface area contributed by atoms with Gasteiger partial charge in [-0.3, -0.25) is 24.0 Å². The standard InChI is InChI=1S/C23H28FN3O8/c1-14(28)25-12-16-11-17(23(33)35-16)15-2-3-19(18(24)10-15)26-6-8-27(9-7-26)20(29)13-34-22(32)5-4-21(30)31/h2-3,10,16-17H,4-9,11-13H2,1H3,(H,25,28)(H,30,31)/t16?,17-/m1/s1. The van der Waals surface area contributed by atoms with Crippen molar-refractivity contribution < 1.29 is 42.9 Å². The number of anilines is 1. The minimum absolute atomic E-state index is 0.211. The summed E-state index contributed by atoms with van der Waals surface area (Å²) in [5.74, 6) is -4.06. The van der Waals surface area contributed by atoms with E-state index in [-0.39, 0.29) is 25.3 Å². The Hall–Kier alpha value is -3.70. The Morgan fingerprint density at radius 1 is 1.17 bits per heavy atom. The molecule has 0 aromatic heterocycles. The van der Waals surface area contributed by atoms with Crippen LogP contribution >= 0.6 is 0 Å². The largest absolute Gasteiger partial charge is 0.481 e. The van der Waals surface area contributed by atoms with Crippen molar-refractivity contribution in [2.24, 2.45) is 0 Å². The highest BCUT2D eigenvalue weighted by molar-refractivity contribution is 5.82. The maximum atomic E-state index is 14.9. The molecule has 2 fully saturated rings. The molecule has 0 saturated carbocycles. The van der Waals surface area contributed by atoms with Crippen molar-refractivity contribution in [2.75, 3.05) is 44.2 Å². The number of carboxylic acids is 1. The van der Waals surface area contributed by atoms with Crippen LogP contribution in [-0.2, 0) is 33.4 Å². The van der Waals surface area contributed by atoms with Crippen LogP contribution < -0.4 is 10.2 Å². The van der Waals surface area contributed by atoms with Crippen LogP contribution in [0.25, 0.3) is 0 Å². The fraction of sp³-hybridized carbons (Fsp3) is 0.522. The molecular weight excluding hydrogens is 465 g/mol. The summed E-state index contributed by atoms with van der Waals surface area (Å²) in [6, 6.07) is 4.59. The van der Waals surface area contributed by atoms with Gasteiger partial charge in [0.25, 0.3) is 5.91 Å². The molecule has 1 unspecified atom stereocenters. The molecule has 35 heavy (non-hydrogen) atoms. The van der Waals surface area contributed by atoms with E-state index in [0.717, 1.165) is 0 Å². The molecule has 2 aliphatic heterocycles. The van der Waals surface area contributed by atoms with Crippen LogP contribution in [0.2, 0.25) is 0 Å². The molecule has 2 aliphatic rings. The Labute approximate surface area is 201 Å². The van der Waals surface area contributed by atoms with Gasteiger partial charge in [0.2, 0.25) is 5.91 Å². The van der Waals surface area contributed by atoms with Gasteiger partial charge in [0, 0.05) is 39.5 Å². The van der Waals surface area contributed by atoms with E-state index in [2.05, 4.69) is 5.32 Å². The number of benzene rings is 1. The average Bonchev–Trinajstić information content (AvgIpc) is 3.20. The van der Waals surface area contributed by atoms with E-state index in [1.54, 1.807) is 17.0 Å². The minimum Gasteiger partial charge on any atom is -0.481 e. The Kier molecular flexibility index (Phi) is 8.61. The van der Waals surface area contributed by atoms with Crippen molar-refractivity contribution in [3.63, 3.8) is 0 Å². The first kappa shape index (κ1) is 25.9. The van der Waals surface area contributed by atoms with Crippen LogP contribution in [0.15, 0.2) is 18.2 Å². The number of amides is 2. The normalized spacial score (nSPS) is 19.8. The molecule has 2 atom stereocenters. The first-order valence-corrected chi connectivity index (χ1v) is 11.3. The number of carbonyl (C=O) groups is 5. The summed E-state index contributed by atoms with van der Waals surface area (Å²) in [7, 11) is 0. The van der Waals surface area contributed by atoms with Crippen molar-refractivity contribution in [1.29, 1.82) is 0 Å². The number of hydrogen-bond acceptors (Lipinski definition) is 8. The number of nitrogens with zero attached hydrogens (tertiary/aromatic N) is 2. The third-order valence-corrected chi connectivity index (χ3v) is 5.89. The van der Waals surface area contributed by atoms with Crippen LogP contribution in [0, 0.1) is 5.82 Å². The first-order valence-electron chi connectivity index (χ1n) is 11.3. The molecule has 1 aromatic carbocycles. The quantitative estimate of drug-likeness (QED) is 0.468. The number of aliphatic carboxylic acids is 1. The highest BCUT2D eigenvalue weighted by Gasteiger charge is 2.36. The minimum atomic E-state index is -1.13. The third-order valence-electron chi connectivity index (χ3n) is 5.89. The number of hydrogen-bond donors (Lipinski definition) is 2. The van der Waals surface area contributed by atoms with Gasteiger partial charge in [-0.25, -0.2) is 4.39 Å². The Morgan fingerprint density at radius 2 is 1.89 bits per heavy atom. The number of cyclic esters (lactones) is 1.